The molecule has 1 aromatic heterocycles. The van der Waals surface area contributed by atoms with Gasteiger partial charge in [-0.3, -0.25) is 9.59 Å². The van der Waals surface area contributed by atoms with Crippen LogP contribution in [0.2, 0.25) is 0 Å². The normalized spacial score (nSPS) is 15.2. The summed E-state index contributed by atoms with van der Waals surface area (Å²) in [6.07, 6.45) is 0.679. The molecular formula is C21H17BrN2O3S. The highest BCUT2D eigenvalue weighted by Crippen LogP contribution is 2.34. The number of anilines is 1. The van der Waals surface area contributed by atoms with Crippen LogP contribution in [0.4, 0.5) is 5.69 Å². The highest BCUT2D eigenvalue weighted by molar-refractivity contribution is 9.10. The van der Waals surface area contributed by atoms with E-state index in [-0.39, 0.29) is 17.9 Å². The summed E-state index contributed by atoms with van der Waals surface area (Å²) in [7, 11) is 0. The number of nitrogens with one attached hydrogen (secondary N) is 2. The van der Waals surface area contributed by atoms with E-state index in [0.717, 1.165) is 15.8 Å². The van der Waals surface area contributed by atoms with E-state index in [1.54, 1.807) is 35.7 Å². The first kappa shape index (κ1) is 18.7. The first-order valence-corrected chi connectivity index (χ1v) is 10.5. The fourth-order valence-corrected chi connectivity index (χ4v) is 4.14. The van der Waals surface area contributed by atoms with E-state index in [4.69, 9.17) is 4.74 Å². The molecule has 0 fully saturated rings. The predicted octanol–water partition coefficient (Wildman–Crippen LogP) is 5.02. The zero-order valence-corrected chi connectivity index (χ0v) is 17.2. The predicted molar refractivity (Wildman–Crippen MR) is 113 cm³/mol. The Balaban J connectivity index is 1.55. The quantitative estimate of drug-likeness (QED) is 0.579. The van der Waals surface area contributed by atoms with E-state index < -0.39 is 0 Å². The van der Waals surface area contributed by atoms with Crippen LogP contribution in [0.3, 0.4) is 0 Å². The zero-order chi connectivity index (χ0) is 19.5. The number of benzene rings is 2. The Hall–Kier alpha value is -2.64. The number of thiophene rings is 1. The molecule has 28 heavy (non-hydrogen) atoms. The average molecular weight is 457 g/mol. The van der Waals surface area contributed by atoms with E-state index >= 15 is 0 Å². The van der Waals surface area contributed by atoms with Crippen molar-refractivity contribution in [3.63, 3.8) is 0 Å². The standard InChI is InChI=1S/C21H17BrN2O3S/c22-14-5-6-19-16(11-14)18(7-9-27-19)24-21(26)15-3-1-2-4-17(15)23-20(25)13-8-10-28-12-13/h1-6,8,10-12,18H,7,9H2,(H,23,25)(H,24,26). The van der Waals surface area contributed by atoms with Crippen molar-refractivity contribution in [2.75, 3.05) is 11.9 Å². The van der Waals surface area contributed by atoms with Crippen molar-refractivity contribution in [2.45, 2.75) is 12.5 Å². The molecule has 3 aromatic rings. The second-order valence-electron chi connectivity index (χ2n) is 6.36. The molecule has 1 aliphatic heterocycles. The van der Waals surface area contributed by atoms with Gasteiger partial charge >= 0.3 is 0 Å². The smallest absolute Gasteiger partial charge is 0.256 e. The van der Waals surface area contributed by atoms with Crippen LogP contribution in [0.1, 0.15) is 38.7 Å². The lowest BCUT2D eigenvalue weighted by Crippen LogP contribution is -2.32. The number of hydrogen-bond donors (Lipinski definition) is 2. The number of para-hydroxylation sites is 1. The second-order valence-corrected chi connectivity index (χ2v) is 8.05. The van der Waals surface area contributed by atoms with Crippen LogP contribution in [-0.4, -0.2) is 18.4 Å². The molecule has 142 valence electrons. The van der Waals surface area contributed by atoms with E-state index in [9.17, 15) is 9.59 Å². The molecule has 0 bridgehead atoms. The Kier molecular flexibility index (Phi) is 5.45. The minimum absolute atomic E-state index is 0.158. The van der Waals surface area contributed by atoms with Crippen molar-refractivity contribution in [1.82, 2.24) is 5.32 Å². The first-order chi connectivity index (χ1) is 13.6. The summed E-state index contributed by atoms with van der Waals surface area (Å²) in [5.41, 5.74) is 2.42. The fraction of sp³-hybridized carbons (Fsp3) is 0.143. The molecule has 1 aliphatic rings. The Morgan fingerprint density at radius 3 is 2.79 bits per heavy atom. The van der Waals surface area contributed by atoms with Gasteiger partial charge in [-0.25, -0.2) is 0 Å². The fourth-order valence-electron chi connectivity index (χ4n) is 3.13. The molecule has 1 atom stereocenters. The highest BCUT2D eigenvalue weighted by Gasteiger charge is 2.25. The molecule has 4 rings (SSSR count). The minimum atomic E-state index is -0.237. The summed E-state index contributed by atoms with van der Waals surface area (Å²) in [4.78, 5) is 25.4. The molecule has 0 radical (unpaired) electrons. The summed E-state index contributed by atoms with van der Waals surface area (Å²) in [6.45, 7) is 0.538. The average Bonchev–Trinajstić information content (AvgIpc) is 3.24. The highest BCUT2D eigenvalue weighted by atomic mass is 79.9. The molecule has 2 heterocycles. The number of fused-ring (bicyclic) bond motifs is 1. The summed E-state index contributed by atoms with van der Waals surface area (Å²) in [6, 6.07) is 14.4. The van der Waals surface area contributed by atoms with Crippen molar-refractivity contribution < 1.29 is 14.3 Å². The minimum Gasteiger partial charge on any atom is -0.493 e. The number of hydrogen-bond acceptors (Lipinski definition) is 4. The van der Waals surface area contributed by atoms with Crippen LogP contribution >= 0.6 is 27.3 Å². The van der Waals surface area contributed by atoms with Gasteiger partial charge in [0.1, 0.15) is 5.75 Å². The lowest BCUT2D eigenvalue weighted by Gasteiger charge is -2.27. The molecule has 2 aromatic carbocycles. The summed E-state index contributed by atoms with van der Waals surface area (Å²) >= 11 is 4.92. The van der Waals surface area contributed by atoms with Crippen molar-refractivity contribution in [3.8, 4) is 5.75 Å². The van der Waals surface area contributed by atoms with Crippen molar-refractivity contribution in [3.05, 3.63) is 80.5 Å². The van der Waals surface area contributed by atoms with Crippen molar-refractivity contribution in [2.24, 2.45) is 0 Å². The number of carbonyl (C=O) groups is 2. The Bertz CT molecular complexity index is 1020. The van der Waals surface area contributed by atoms with Gasteiger partial charge in [0.05, 0.1) is 29.5 Å². The van der Waals surface area contributed by atoms with Crippen LogP contribution in [0.15, 0.2) is 63.8 Å². The molecule has 2 N–H and O–H groups in total. The lowest BCUT2D eigenvalue weighted by atomic mass is 10.00. The lowest BCUT2D eigenvalue weighted by molar-refractivity contribution is 0.0925. The molecule has 0 saturated heterocycles. The van der Waals surface area contributed by atoms with Gasteiger partial charge in [-0.15, -0.1) is 0 Å². The molecule has 0 spiro atoms. The Morgan fingerprint density at radius 2 is 1.96 bits per heavy atom. The topological polar surface area (TPSA) is 67.4 Å². The van der Waals surface area contributed by atoms with E-state index in [2.05, 4.69) is 26.6 Å². The summed E-state index contributed by atoms with van der Waals surface area (Å²) in [5.74, 6) is 0.305. The van der Waals surface area contributed by atoms with Crippen LogP contribution < -0.4 is 15.4 Å². The maximum absolute atomic E-state index is 13.0. The van der Waals surface area contributed by atoms with E-state index in [0.29, 0.717) is 29.8 Å². The van der Waals surface area contributed by atoms with Gasteiger partial charge in [-0.05, 0) is 41.8 Å². The largest absolute Gasteiger partial charge is 0.493 e. The van der Waals surface area contributed by atoms with Gasteiger partial charge in [-0.2, -0.15) is 11.3 Å². The molecule has 7 heteroatoms. The van der Waals surface area contributed by atoms with Crippen LogP contribution in [0.5, 0.6) is 5.75 Å². The molecular weight excluding hydrogens is 440 g/mol. The molecule has 2 amide bonds. The zero-order valence-electron chi connectivity index (χ0n) is 14.8. The molecule has 1 unspecified atom stereocenters. The Morgan fingerprint density at radius 1 is 1.11 bits per heavy atom. The van der Waals surface area contributed by atoms with Gasteiger partial charge < -0.3 is 15.4 Å². The van der Waals surface area contributed by atoms with Gasteiger partial charge in [0.25, 0.3) is 11.8 Å². The van der Waals surface area contributed by atoms with Gasteiger partial charge in [0.15, 0.2) is 0 Å². The van der Waals surface area contributed by atoms with Gasteiger partial charge in [-0.1, -0.05) is 28.1 Å². The SMILES string of the molecule is O=C(Nc1ccccc1C(=O)NC1CCOc2ccc(Br)cc21)c1ccsc1. The summed E-state index contributed by atoms with van der Waals surface area (Å²) < 4.78 is 6.62. The second kappa shape index (κ2) is 8.16. The van der Waals surface area contributed by atoms with Crippen LogP contribution in [0.25, 0.3) is 0 Å². The third-order valence-electron chi connectivity index (χ3n) is 4.52. The molecule has 0 aliphatic carbocycles. The summed E-state index contributed by atoms with van der Waals surface area (Å²) in [5, 5.41) is 9.53. The Labute approximate surface area is 174 Å². The third-order valence-corrected chi connectivity index (χ3v) is 5.70. The number of ether oxygens (including phenoxy) is 1. The van der Waals surface area contributed by atoms with E-state index in [1.807, 2.05) is 23.6 Å². The molecule has 5 nitrogen and oxygen atoms in total. The van der Waals surface area contributed by atoms with Gasteiger partial charge in [0, 0.05) is 21.8 Å². The number of carbonyl (C=O) groups excluding carboxylic acids is 2. The van der Waals surface area contributed by atoms with E-state index in [1.165, 1.54) is 11.3 Å². The third kappa shape index (κ3) is 3.95. The first-order valence-electron chi connectivity index (χ1n) is 8.77. The van der Waals surface area contributed by atoms with Crippen molar-refractivity contribution in [1.29, 1.82) is 0 Å². The van der Waals surface area contributed by atoms with Gasteiger partial charge in [0.2, 0.25) is 0 Å². The monoisotopic (exact) mass is 456 g/mol. The number of amides is 2. The van der Waals surface area contributed by atoms with Crippen LogP contribution in [0, 0.1) is 0 Å². The van der Waals surface area contributed by atoms with Crippen LogP contribution in [-0.2, 0) is 0 Å². The van der Waals surface area contributed by atoms with Crippen molar-refractivity contribution >= 4 is 44.8 Å². The number of rotatable bonds is 4. The maximum Gasteiger partial charge on any atom is 0.256 e. The maximum atomic E-state index is 13.0. The molecule has 0 saturated carbocycles. The number of halogens is 1.